The predicted octanol–water partition coefficient (Wildman–Crippen LogP) is 2.65. The molecule has 0 heterocycles. The van der Waals surface area contributed by atoms with Crippen molar-refractivity contribution in [3.05, 3.63) is 35.5 Å². The lowest BCUT2D eigenvalue weighted by molar-refractivity contribution is -0.162. The van der Waals surface area contributed by atoms with Gasteiger partial charge < -0.3 is 5.11 Å². The molecule has 0 radical (unpaired) electrons. The van der Waals surface area contributed by atoms with E-state index in [1.807, 2.05) is 13.0 Å². The van der Waals surface area contributed by atoms with Gasteiger partial charge in [0.1, 0.15) is 5.60 Å². The monoisotopic (exact) mass is 244 g/mol. The van der Waals surface area contributed by atoms with Crippen molar-refractivity contribution in [1.29, 1.82) is 0 Å². The summed E-state index contributed by atoms with van der Waals surface area (Å²) in [5.74, 6) is 0.364. The molecule has 2 heteroatoms. The minimum Gasteiger partial charge on any atom is -0.382 e. The summed E-state index contributed by atoms with van der Waals surface area (Å²) in [4.78, 5) is 12.5. The maximum atomic E-state index is 12.5. The van der Waals surface area contributed by atoms with E-state index in [-0.39, 0.29) is 23.5 Å². The van der Waals surface area contributed by atoms with Crippen molar-refractivity contribution in [2.75, 3.05) is 0 Å². The molecule has 0 aromatic rings. The molecule has 1 saturated carbocycles. The first-order chi connectivity index (χ1) is 8.30. The van der Waals surface area contributed by atoms with E-state index < -0.39 is 11.0 Å². The summed E-state index contributed by atoms with van der Waals surface area (Å²) in [5, 5.41) is 10.6. The highest BCUT2D eigenvalue weighted by molar-refractivity contribution is 5.97. The lowest BCUT2D eigenvalue weighted by atomic mass is 9.49. The second-order valence-electron chi connectivity index (χ2n) is 6.51. The Labute approximate surface area is 108 Å². The molecule has 96 valence electrons. The van der Waals surface area contributed by atoms with Crippen molar-refractivity contribution < 1.29 is 9.90 Å². The molecule has 0 aromatic carbocycles. The van der Waals surface area contributed by atoms with E-state index in [4.69, 9.17) is 0 Å². The molecular weight excluding hydrogens is 224 g/mol. The van der Waals surface area contributed by atoms with Gasteiger partial charge in [-0.25, -0.2) is 0 Å². The van der Waals surface area contributed by atoms with Gasteiger partial charge in [0.25, 0.3) is 0 Å². The summed E-state index contributed by atoms with van der Waals surface area (Å²) in [6, 6.07) is 0. The Hall–Kier alpha value is -1.15. The van der Waals surface area contributed by atoms with E-state index in [1.165, 1.54) is 11.1 Å². The molecule has 1 N–H and O–H groups in total. The number of fused-ring (bicyclic) bond motifs is 1. The second kappa shape index (κ2) is 3.24. The highest BCUT2D eigenvalue weighted by Crippen LogP contribution is 2.59. The largest absolute Gasteiger partial charge is 0.382 e. The van der Waals surface area contributed by atoms with E-state index in [1.54, 1.807) is 6.92 Å². The zero-order valence-corrected chi connectivity index (χ0v) is 11.4. The van der Waals surface area contributed by atoms with Gasteiger partial charge in [-0.2, -0.15) is 0 Å². The number of hydrogen-bond donors (Lipinski definition) is 1. The summed E-state index contributed by atoms with van der Waals surface area (Å²) in [7, 11) is 0. The molecule has 0 saturated heterocycles. The number of Topliss-reactive ketones (excluding diaryl/α,β-unsaturated/α-hetero) is 1. The molecule has 0 aliphatic heterocycles. The van der Waals surface area contributed by atoms with Crippen molar-refractivity contribution in [3.63, 3.8) is 0 Å². The van der Waals surface area contributed by atoms with Crippen LogP contribution in [0.3, 0.4) is 0 Å². The molecule has 0 amide bonds. The number of ketones is 1. The summed E-state index contributed by atoms with van der Waals surface area (Å²) in [6.45, 7) is 7.85. The third kappa shape index (κ3) is 1.15. The Bertz CT molecular complexity index is 517. The number of carbonyl (C=O) groups is 1. The van der Waals surface area contributed by atoms with Gasteiger partial charge in [-0.15, -0.1) is 0 Å². The fourth-order valence-electron chi connectivity index (χ4n) is 4.12. The van der Waals surface area contributed by atoms with Crippen LogP contribution in [0.1, 0.15) is 27.7 Å². The van der Waals surface area contributed by atoms with Crippen LogP contribution in [0.25, 0.3) is 0 Å². The molecule has 4 aliphatic carbocycles. The van der Waals surface area contributed by atoms with Crippen molar-refractivity contribution in [3.8, 4) is 0 Å². The van der Waals surface area contributed by atoms with Crippen LogP contribution in [-0.2, 0) is 4.79 Å². The molecule has 0 spiro atoms. The molecule has 4 rings (SSSR count). The van der Waals surface area contributed by atoms with Crippen LogP contribution in [0, 0.1) is 23.2 Å². The van der Waals surface area contributed by atoms with E-state index in [0.29, 0.717) is 0 Å². The molecule has 5 atom stereocenters. The summed E-state index contributed by atoms with van der Waals surface area (Å²) < 4.78 is 0. The first kappa shape index (κ1) is 11.9. The smallest absolute Gasteiger partial charge is 0.174 e. The van der Waals surface area contributed by atoms with E-state index in [9.17, 15) is 9.90 Å². The van der Waals surface area contributed by atoms with Crippen molar-refractivity contribution in [1.82, 2.24) is 0 Å². The Morgan fingerprint density at radius 3 is 2.50 bits per heavy atom. The van der Waals surface area contributed by atoms with Gasteiger partial charge >= 0.3 is 0 Å². The summed E-state index contributed by atoms with van der Waals surface area (Å²) in [5.41, 5.74) is 0.813. The van der Waals surface area contributed by atoms with Gasteiger partial charge in [-0.05, 0) is 33.3 Å². The van der Waals surface area contributed by atoms with Crippen molar-refractivity contribution in [2.45, 2.75) is 33.3 Å². The number of hydrogen-bond acceptors (Lipinski definition) is 2. The zero-order chi connectivity index (χ0) is 13.3. The average Bonchev–Trinajstić information content (AvgIpc) is 2.72. The van der Waals surface area contributed by atoms with Crippen LogP contribution >= 0.6 is 0 Å². The maximum absolute atomic E-state index is 12.5. The average molecular weight is 244 g/mol. The van der Waals surface area contributed by atoms with Gasteiger partial charge in [0.2, 0.25) is 0 Å². The molecule has 2 nitrogen and oxygen atoms in total. The van der Waals surface area contributed by atoms with Crippen molar-refractivity contribution in [2.24, 2.45) is 23.2 Å². The third-order valence-corrected chi connectivity index (χ3v) is 5.13. The topological polar surface area (TPSA) is 37.3 Å². The fraction of sp³-hybridized carbons (Fsp3) is 0.562. The highest BCUT2D eigenvalue weighted by Gasteiger charge is 2.63. The Kier molecular flexibility index (Phi) is 2.14. The maximum Gasteiger partial charge on any atom is 0.174 e. The first-order valence-electron chi connectivity index (χ1n) is 6.62. The summed E-state index contributed by atoms with van der Waals surface area (Å²) in [6.07, 6.45) is 8.38. The normalized spacial score (nSPS) is 48.8. The third-order valence-electron chi connectivity index (χ3n) is 5.13. The Morgan fingerprint density at radius 2 is 1.89 bits per heavy atom. The van der Waals surface area contributed by atoms with Crippen molar-refractivity contribution >= 4 is 5.78 Å². The van der Waals surface area contributed by atoms with Gasteiger partial charge in [0, 0.05) is 17.8 Å². The molecule has 0 unspecified atom stereocenters. The Morgan fingerprint density at radius 1 is 1.22 bits per heavy atom. The molecule has 1 fully saturated rings. The van der Waals surface area contributed by atoms with E-state index >= 15 is 0 Å². The lowest BCUT2D eigenvalue weighted by Crippen LogP contribution is -2.62. The number of allylic oxidation sites excluding steroid dienone is 5. The first-order valence-corrected chi connectivity index (χ1v) is 6.62. The van der Waals surface area contributed by atoms with Gasteiger partial charge in [0.15, 0.2) is 5.78 Å². The van der Waals surface area contributed by atoms with Gasteiger partial charge in [-0.1, -0.05) is 29.9 Å². The molecule has 4 aliphatic rings. The van der Waals surface area contributed by atoms with E-state index in [2.05, 4.69) is 32.1 Å². The standard InChI is InChI=1S/C16H20O2/c1-9(2)10-5-6-11-13(10)12-7-8-15(11,3)14(17)16(12,4)18/h5-8,11-13,18H,1-4H3/t11-,12+,13+,15-,16-/m0/s1. The SMILES string of the molecule is CC(C)=C1C=C[C@H]2[C@@H]1[C@H]1C=C[C@]2(C)C(=O)[C@@]1(C)O. The van der Waals surface area contributed by atoms with Crippen LogP contribution in [0.4, 0.5) is 0 Å². The molecule has 2 bridgehead atoms. The minimum absolute atomic E-state index is 0.0246. The van der Waals surface area contributed by atoms with Crippen LogP contribution in [-0.4, -0.2) is 16.5 Å². The van der Waals surface area contributed by atoms with Crippen LogP contribution in [0.5, 0.6) is 0 Å². The highest BCUT2D eigenvalue weighted by atomic mass is 16.3. The number of aliphatic hydroxyl groups is 1. The molecule has 0 aromatic heterocycles. The molecular formula is C16H20O2. The quantitative estimate of drug-likeness (QED) is 0.665. The Balaban J connectivity index is 2.21. The second-order valence-corrected chi connectivity index (χ2v) is 6.51. The van der Waals surface area contributed by atoms with E-state index in [0.717, 1.165) is 0 Å². The minimum atomic E-state index is -1.22. The van der Waals surface area contributed by atoms with Gasteiger partial charge in [-0.3, -0.25) is 4.79 Å². The lowest BCUT2D eigenvalue weighted by Gasteiger charge is -2.54. The molecule has 18 heavy (non-hydrogen) atoms. The van der Waals surface area contributed by atoms with Crippen LogP contribution in [0.2, 0.25) is 0 Å². The van der Waals surface area contributed by atoms with Crippen LogP contribution < -0.4 is 0 Å². The predicted molar refractivity (Wildman–Crippen MR) is 70.9 cm³/mol. The fourth-order valence-corrected chi connectivity index (χ4v) is 4.12. The number of rotatable bonds is 0. The number of carbonyl (C=O) groups excluding carboxylic acids is 1. The van der Waals surface area contributed by atoms with Crippen LogP contribution in [0.15, 0.2) is 35.5 Å². The van der Waals surface area contributed by atoms with Gasteiger partial charge in [0.05, 0.1) is 5.41 Å². The zero-order valence-electron chi connectivity index (χ0n) is 11.4. The summed E-state index contributed by atoms with van der Waals surface area (Å²) >= 11 is 0.